The van der Waals surface area contributed by atoms with Crippen LogP contribution in [0.1, 0.15) is 5.56 Å². The van der Waals surface area contributed by atoms with E-state index in [1.165, 1.54) is 12.3 Å². The fraction of sp³-hybridized carbons (Fsp3) is 0.154. The summed E-state index contributed by atoms with van der Waals surface area (Å²) in [5.74, 6) is 0. The topological polar surface area (TPSA) is 59.1 Å². The first-order chi connectivity index (χ1) is 9.34. The molecule has 2 aromatic rings. The lowest BCUT2D eigenvalue weighted by molar-refractivity contribution is 0.598. The number of nitrogens with zero attached hydrogens (tertiary/aromatic N) is 1. The molecule has 1 heterocycles. The van der Waals surface area contributed by atoms with Gasteiger partial charge in [-0.1, -0.05) is 23.2 Å². The molecule has 1 aromatic heterocycles. The zero-order valence-corrected chi connectivity index (χ0v) is 12.9. The van der Waals surface area contributed by atoms with Crippen LogP contribution in [-0.2, 0) is 16.4 Å². The van der Waals surface area contributed by atoms with Crippen molar-refractivity contribution in [3.63, 3.8) is 0 Å². The Kier molecular flexibility index (Phi) is 4.52. The molecule has 0 aliphatic rings. The molecule has 0 atom stereocenters. The Morgan fingerprint density at radius 3 is 2.30 bits per heavy atom. The molecule has 0 unspecified atom stereocenters. The van der Waals surface area contributed by atoms with Crippen molar-refractivity contribution >= 4 is 38.7 Å². The van der Waals surface area contributed by atoms with E-state index in [-0.39, 0.29) is 5.03 Å². The van der Waals surface area contributed by atoms with Gasteiger partial charge in [-0.3, -0.25) is 0 Å². The minimum Gasteiger partial charge on any atom is -0.380 e. The van der Waals surface area contributed by atoms with Crippen LogP contribution >= 0.6 is 23.2 Å². The number of rotatable bonds is 4. The van der Waals surface area contributed by atoms with Crippen molar-refractivity contribution in [2.45, 2.75) is 11.6 Å². The van der Waals surface area contributed by atoms with Crippen molar-refractivity contribution in [3.05, 3.63) is 52.1 Å². The van der Waals surface area contributed by atoms with Crippen LogP contribution in [-0.4, -0.2) is 19.7 Å². The fourth-order valence-electron chi connectivity index (χ4n) is 1.62. The van der Waals surface area contributed by atoms with Crippen molar-refractivity contribution in [1.29, 1.82) is 0 Å². The van der Waals surface area contributed by atoms with E-state index in [4.69, 9.17) is 23.2 Å². The number of benzene rings is 1. The first-order valence-electron chi connectivity index (χ1n) is 5.69. The monoisotopic (exact) mass is 330 g/mol. The predicted octanol–water partition coefficient (Wildman–Crippen LogP) is 3.40. The van der Waals surface area contributed by atoms with Crippen LogP contribution in [0, 0.1) is 0 Å². The molecule has 4 nitrogen and oxygen atoms in total. The van der Waals surface area contributed by atoms with Gasteiger partial charge < -0.3 is 5.32 Å². The average molecular weight is 331 g/mol. The molecule has 0 bridgehead atoms. The van der Waals surface area contributed by atoms with E-state index < -0.39 is 9.84 Å². The second-order valence-electron chi connectivity index (χ2n) is 4.29. The van der Waals surface area contributed by atoms with Crippen LogP contribution in [0.5, 0.6) is 0 Å². The van der Waals surface area contributed by atoms with E-state index in [0.717, 1.165) is 11.8 Å². The Balaban J connectivity index is 2.07. The van der Waals surface area contributed by atoms with Crippen molar-refractivity contribution in [2.75, 3.05) is 11.6 Å². The first-order valence-corrected chi connectivity index (χ1v) is 8.34. The van der Waals surface area contributed by atoms with Crippen molar-refractivity contribution < 1.29 is 8.42 Å². The summed E-state index contributed by atoms with van der Waals surface area (Å²) in [5, 5.41) is 4.31. The van der Waals surface area contributed by atoms with Crippen molar-refractivity contribution in [3.8, 4) is 0 Å². The molecule has 20 heavy (non-hydrogen) atoms. The van der Waals surface area contributed by atoms with Gasteiger partial charge in [0.1, 0.15) is 0 Å². The predicted molar refractivity (Wildman–Crippen MR) is 81.1 cm³/mol. The van der Waals surface area contributed by atoms with Crippen molar-refractivity contribution in [2.24, 2.45) is 0 Å². The van der Waals surface area contributed by atoms with Gasteiger partial charge in [0, 0.05) is 22.8 Å². The Labute approximate surface area is 127 Å². The SMILES string of the molecule is CS(=O)(=O)c1ccc(NCc2cc(Cl)cc(Cl)c2)cn1. The first kappa shape index (κ1) is 15.1. The molecule has 0 amide bonds. The lowest BCUT2D eigenvalue weighted by Gasteiger charge is -2.07. The highest BCUT2D eigenvalue weighted by Crippen LogP contribution is 2.20. The molecule has 0 aliphatic carbocycles. The quantitative estimate of drug-likeness (QED) is 0.933. The lowest BCUT2D eigenvalue weighted by Crippen LogP contribution is -2.03. The Bertz CT molecular complexity index is 695. The minimum atomic E-state index is -3.27. The van der Waals surface area contributed by atoms with E-state index in [1.54, 1.807) is 24.3 Å². The van der Waals surface area contributed by atoms with E-state index in [2.05, 4.69) is 10.3 Å². The maximum Gasteiger partial charge on any atom is 0.192 e. The highest BCUT2D eigenvalue weighted by atomic mass is 35.5. The van der Waals surface area contributed by atoms with Crippen LogP contribution in [0.25, 0.3) is 0 Å². The fourth-order valence-corrected chi connectivity index (χ4v) is 2.75. The van der Waals surface area contributed by atoms with Gasteiger partial charge in [0.25, 0.3) is 0 Å². The Morgan fingerprint density at radius 1 is 1.15 bits per heavy atom. The molecule has 7 heteroatoms. The third-order valence-electron chi connectivity index (χ3n) is 2.54. The van der Waals surface area contributed by atoms with E-state index in [9.17, 15) is 8.42 Å². The number of sulfone groups is 1. The maximum atomic E-state index is 11.3. The van der Waals surface area contributed by atoms with Gasteiger partial charge in [0.05, 0.1) is 11.9 Å². The van der Waals surface area contributed by atoms with Gasteiger partial charge in [-0.2, -0.15) is 0 Å². The molecule has 0 radical (unpaired) electrons. The molecule has 1 aromatic carbocycles. The number of halogens is 2. The number of anilines is 1. The van der Waals surface area contributed by atoms with Gasteiger partial charge in [-0.05, 0) is 35.9 Å². The van der Waals surface area contributed by atoms with Crippen LogP contribution < -0.4 is 5.32 Å². The number of nitrogens with one attached hydrogen (secondary N) is 1. The summed E-state index contributed by atoms with van der Waals surface area (Å²) in [6.45, 7) is 0.514. The summed E-state index contributed by atoms with van der Waals surface area (Å²) < 4.78 is 22.6. The van der Waals surface area contributed by atoms with E-state index >= 15 is 0 Å². The Hall–Kier alpha value is -1.30. The maximum absolute atomic E-state index is 11.3. The van der Waals surface area contributed by atoms with Crippen LogP contribution in [0.15, 0.2) is 41.6 Å². The van der Waals surface area contributed by atoms with E-state index in [1.807, 2.05) is 0 Å². The summed E-state index contributed by atoms with van der Waals surface area (Å²) in [7, 11) is -3.27. The second-order valence-corrected chi connectivity index (χ2v) is 7.12. The van der Waals surface area contributed by atoms with Gasteiger partial charge in [-0.25, -0.2) is 13.4 Å². The standard InChI is InChI=1S/C13H12Cl2N2O2S/c1-20(18,19)13-3-2-12(8-17-13)16-7-9-4-10(14)6-11(15)5-9/h2-6,8,16H,7H2,1H3. The summed E-state index contributed by atoms with van der Waals surface area (Å²) in [5.41, 5.74) is 1.64. The molecule has 0 saturated heterocycles. The molecule has 0 aliphatic heterocycles. The van der Waals surface area contributed by atoms with E-state index in [0.29, 0.717) is 22.3 Å². The number of pyridine rings is 1. The van der Waals surface area contributed by atoms with Crippen LogP contribution in [0.4, 0.5) is 5.69 Å². The molecule has 106 valence electrons. The molecule has 1 N–H and O–H groups in total. The van der Waals surface area contributed by atoms with Crippen molar-refractivity contribution in [1.82, 2.24) is 4.98 Å². The Morgan fingerprint density at radius 2 is 1.80 bits per heavy atom. The number of hydrogen-bond donors (Lipinski definition) is 1. The van der Waals surface area contributed by atoms with Gasteiger partial charge >= 0.3 is 0 Å². The zero-order valence-electron chi connectivity index (χ0n) is 10.6. The molecular weight excluding hydrogens is 319 g/mol. The summed E-state index contributed by atoms with van der Waals surface area (Å²) in [6, 6.07) is 8.39. The zero-order chi connectivity index (χ0) is 14.8. The number of aromatic nitrogens is 1. The number of hydrogen-bond acceptors (Lipinski definition) is 4. The summed E-state index contributed by atoms with van der Waals surface area (Å²) in [4.78, 5) is 3.89. The highest BCUT2D eigenvalue weighted by Gasteiger charge is 2.07. The van der Waals surface area contributed by atoms with Gasteiger partial charge in [0.2, 0.25) is 0 Å². The average Bonchev–Trinajstić information content (AvgIpc) is 2.35. The van der Waals surface area contributed by atoms with Crippen LogP contribution in [0.3, 0.4) is 0 Å². The van der Waals surface area contributed by atoms with Gasteiger partial charge in [0.15, 0.2) is 14.9 Å². The van der Waals surface area contributed by atoms with Crippen LogP contribution in [0.2, 0.25) is 10.0 Å². The molecule has 0 saturated carbocycles. The smallest absolute Gasteiger partial charge is 0.192 e. The molecule has 0 fully saturated rings. The van der Waals surface area contributed by atoms with Gasteiger partial charge in [-0.15, -0.1) is 0 Å². The lowest BCUT2D eigenvalue weighted by atomic mass is 10.2. The summed E-state index contributed by atoms with van der Waals surface area (Å²) >= 11 is 11.8. The third-order valence-corrected chi connectivity index (χ3v) is 3.97. The molecule has 2 rings (SSSR count). The third kappa shape index (κ3) is 4.10. The highest BCUT2D eigenvalue weighted by molar-refractivity contribution is 7.90. The minimum absolute atomic E-state index is 0.0499. The second kappa shape index (κ2) is 5.99. The largest absolute Gasteiger partial charge is 0.380 e. The molecular formula is C13H12Cl2N2O2S. The molecule has 0 spiro atoms. The summed E-state index contributed by atoms with van der Waals surface area (Å²) in [6.07, 6.45) is 2.60. The normalized spacial score (nSPS) is 11.3.